The van der Waals surface area contributed by atoms with Crippen LogP contribution < -0.4 is 16.0 Å². The monoisotopic (exact) mass is 382 g/mol. The quantitative estimate of drug-likeness (QED) is 0.729. The molecule has 9 heteroatoms. The maximum atomic E-state index is 9.04. The lowest BCUT2D eigenvalue weighted by Gasteiger charge is -2.35. The van der Waals surface area contributed by atoms with Crippen molar-refractivity contribution in [1.82, 2.24) is 14.9 Å². The summed E-state index contributed by atoms with van der Waals surface area (Å²) in [4.78, 5) is 12.9. The molecule has 3 rings (SSSR count). The number of halogens is 2. The fourth-order valence-corrected chi connectivity index (χ4v) is 3.12. The Morgan fingerprint density at radius 3 is 2.64 bits per heavy atom. The Bertz CT molecular complexity index is 737. The van der Waals surface area contributed by atoms with E-state index in [0.29, 0.717) is 39.6 Å². The number of nitrogens with one attached hydrogen (secondary N) is 1. The van der Waals surface area contributed by atoms with Crippen molar-refractivity contribution >= 4 is 46.2 Å². The number of nitrogen functional groups attached to an aromatic ring is 1. The molecule has 1 aliphatic heterocycles. The highest BCUT2D eigenvalue weighted by Crippen LogP contribution is 2.32. The van der Waals surface area contributed by atoms with Gasteiger partial charge in [-0.3, -0.25) is 4.90 Å². The predicted octanol–water partition coefficient (Wildman–Crippen LogP) is 2.22. The zero-order valence-electron chi connectivity index (χ0n) is 13.6. The Hall–Kier alpha value is -1.80. The number of rotatable bonds is 5. The molecule has 1 aliphatic rings. The van der Waals surface area contributed by atoms with Crippen LogP contribution in [0.3, 0.4) is 0 Å². The van der Waals surface area contributed by atoms with Crippen molar-refractivity contribution in [2.75, 3.05) is 55.3 Å². The molecule has 0 aliphatic carbocycles. The van der Waals surface area contributed by atoms with Crippen LogP contribution in [0.1, 0.15) is 0 Å². The summed E-state index contributed by atoms with van der Waals surface area (Å²) >= 11 is 12.2. The van der Waals surface area contributed by atoms with Gasteiger partial charge in [0.05, 0.1) is 17.3 Å². The first-order valence-electron chi connectivity index (χ1n) is 7.99. The van der Waals surface area contributed by atoms with Crippen LogP contribution in [-0.4, -0.2) is 59.3 Å². The maximum absolute atomic E-state index is 9.04. The van der Waals surface area contributed by atoms with Crippen LogP contribution in [0, 0.1) is 0 Å². The Labute approximate surface area is 156 Å². The lowest BCUT2D eigenvalue weighted by atomic mass is 10.2. The van der Waals surface area contributed by atoms with Gasteiger partial charge in [0.1, 0.15) is 12.0 Å². The topological polar surface area (TPSA) is 90.5 Å². The molecule has 0 atom stereocenters. The van der Waals surface area contributed by atoms with Gasteiger partial charge in [-0.05, 0) is 18.2 Å². The molecule has 2 aromatic rings. The first-order chi connectivity index (χ1) is 12.1. The Morgan fingerprint density at radius 1 is 1.16 bits per heavy atom. The molecule has 4 N–H and O–H groups in total. The lowest BCUT2D eigenvalue weighted by molar-refractivity contribution is 0.188. The second-order valence-electron chi connectivity index (χ2n) is 5.76. The van der Waals surface area contributed by atoms with Crippen molar-refractivity contribution in [2.24, 2.45) is 0 Å². The fraction of sp³-hybridized carbons (Fsp3) is 0.375. The van der Waals surface area contributed by atoms with Crippen LogP contribution >= 0.6 is 23.2 Å². The summed E-state index contributed by atoms with van der Waals surface area (Å²) in [5, 5.41) is 13.3. The molecular formula is C16H20Cl2N6O. The molecule has 7 nitrogen and oxygen atoms in total. The third-order valence-electron chi connectivity index (χ3n) is 4.13. The zero-order valence-corrected chi connectivity index (χ0v) is 15.1. The summed E-state index contributed by atoms with van der Waals surface area (Å²) in [6, 6.07) is 5.15. The Kier molecular flexibility index (Phi) is 5.80. The van der Waals surface area contributed by atoms with Crippen LogP contribution in [0.5, 0.6) is 0 Å². The van der Waals surface area contributed by atoms with E-state index in [-0.39, 0.29) is 6.61 Å². The highest BCUT2D eigenvalue weighted by atomic mass is 35.5. The Balaban J connectivity index is 1.77. The van der Waals surface area contributed by atoms with Crippen LogP contribution in [-0.2, 0) is 0 Å². The summed E-state index contributed by atoms with van der Waals surface area (Å²) < 4.78 is 0. The number of nitrogens with two attached hydrogens (primary N) is 1. The van der Waals surface area contributed by atoms with E-state index < -0.39 is 0 Å². The van der Waals surface area contributed by atoms with Crippen molar-refractivity contribution in [3.8, 4) is 0 Å². The number of nitrogens with zero attached hydrogens (tertiary/aromatic N) is 4. The van der Waals surface area contributed by atoms with Crippen molar-refractivity contribution in [3.63, 3.8) is 0 Å². The van der Waals surface area contributed by atoms with Crippen molar-refractivity contribution in [1.29, 1.82) is 0 Å². The van der Waals surface area contributed by atoms with E-state index in [0.717, 1.165) is 26.2 Å². The lowest BCUT2D eigenvalue weighted by Crippen LogP contribution is -2.47. The summed E-state index contributed by atoms with van der Waals surface area (Å²) in [5.41, 5.74) is 7.39. The number of hydrogen-bond acceptors (Lipinski definition) is 7. The van der Waals surface area contributed by atoms with Gasteiger partial charge in [0.25, 0.3) is 0 Å². The third-order valence-corrected chi connectivity index (χ3v) is 4.70. The molecule has 2 heterocycles. The molecule has 134 valence electrons. The zero-order chi connectivity index (χ0) is 17.8. The number of aliphatic hydroxyl groups is 1. The van der Waals surface area contributed by atoms with Gasteiger partial charge >= 0.3 is 0 Å². The SMILES string of the molecule is Nc1c(Nc2cc(Cl)ccc2Cl)ncnc1N1CCN(CCO)CC1. The first kappa shape index (κ1) is 18.0. The molecule has 0 radical (unpaired) electrons. The first-order valence-corrected chi connectivity index (χ1v) is 8.75. The minimum atomic E-state index is 0.171. The van der Waals surface area contributed by atoms with Crippen molar-refractivity contribution < 1.29 is 5.11 Å². The van der Waals surface area contributed by atoms with E-state index >= 15 is 0 Å². The van der Waals surface area contributed by atoms with Crippen LogP contribution in [0.25, 0.3) is 0 Å². The molecule has 1 fully saturated rings. The smallest absolute Gasteiger partial charge is 0.159 e. The van der Waals surface area contributed by atoms with E-state index in [2.05, 4.69) is 25.1 Å². The molecule has 1 aromatic heterocycles. The van der Waals surface area contributed by atoms with Crippen LogP contribution in [0.2, 0.25) is 10.0 Å². The van der Waals surface area contributed by atoms with Crippen molar-refractivity contribution in [2.45, 2.75) is 0 Å². The largest absolute Gasteiger partial charge is 0.395 e. The second-order valence-corrected chi connectivity index (χ2v) is 6.60. The fourth-order valence-electron chi connectivity index (χ4n) is 2.78. The highest BCUT2D eigenvalue weighted by Gasteiger charge is 2.21. The van der Waals surface area contributed by atoms with E-state index in [1.165, 1.54) is 6.33 Å². The van der Waals surface area contributed by atoms with Crippen LogP contribution in [0.15, 0.2) is 24.5 Å². The molecular weight excluding hydrogens is 363 g/mol. The molecule has 0 spiro atoms. The van der Waals surface area contributed by atoms with Gasteiger partial charge in [0.15, 0.2) is 11.6 Å². The van der Waals surface area contributed by atoms with E-state index in [4.69, 9.17) is 34.0 Å². The molecule has 0 amide bonds. The number of aromatic nitrogens is 2. The average molecular weight is 383 g/mol. The molecule has 0 unspecified atom stereocenters. The summed E-state index contributed by atoms with van der Waals surface area (Å²) in [6.45, 7) is 4.15. The van der Waals surface area contributed by atoms with Gasteiger partial charge in [-0.15, -0.1) is 0 Å². The van der Waals surface area contributed by atoms with E-state index in [9.17, 15) is 0 Å². The van der Waals surface area contributed by atoms with Gasteiger partial charge in [-0.25, -0.2) is 9.97 Å². The molecule has 1 aromatic carbocycles. The van der Waals surface area contributed by atoms with Crippen LogP contribution in [0.4, 0.5) is 23.0 Å². The molecule has 0 saturated carbocycles. The number of hydrogen-bond donors (Lipinski definition) is 3. The number of piperazine rings is 1. The Morgan fingerprint density at radius 2 is 1.92 bits per heavy atom. The minimum Gasteiger partial charge on any atom is -0.395 e. The average Bonchev–Trinajstić information content (AvgIpc) is 2.61. The van der Waals surface area contributed by atoms with Gasteiger partial charge < -0.3 is 21.1 Å². The summed E-state index contributed by atoms with van der Waals surface area (Å²) in [5.74, 6) is 1.19. The second kappa shape index (κ2) is 8.05. The summed E-state index contributed by atoms with van der Waals surface area (Å²) in [6.07, 6.45) is 1.48. The molecule has 25 heavy (non-hydrogen) atoms. The number of benzene rings is 1. The number of aliphatic hydroxyl groups excluding tert-OH is 1. The van der Waals surface area contributed by atoms with Crippen molar-refractivity contribution in [3.05, 3.63) is 34.6 Å². The number of anilines is 4. The van der Waals surface area contributed by atoms with Gasteiger partial charge in [0, 0.05) is 37.7 Å². The maximum Gasteiger partial charge on any atom is 0.159 e. The van der Waals surface area contributed by atoms with Gasteiger partial charge in [-0.2, -0.15) is 0 Å². The normalized spacial score (nSPS) is 15.4. The molecule has 1 saturated heterocycles. The third kappa shape index (κ3) is 4.24. The predicted molar refractivity (Wildman–Crippen MR) is 102 cm³/mol. The standard InChI is InChI=1S/C16H20Cl2N6O/c17-11-1-2-12(18)13(9-11)22-15-14(19)16(21-10-20-15)24-5-3-23(4-6-24)7-8-25/h1-2,9-10,25H,3-8,19H2,(H,20,21,22). The summed E-state index contributed by atoms with van der Waals surface area (Å²) in [7, 11) is 0. The van der Waals surface area contributed by atoms with E-state index in [1.54, 1.807) is 18.2 Å². The van der Waals surface area contributed by atoms with Gasteiger partial charge in [0.2, 0.25) is 0 Å². The van der Waals surface area contributed by atoms with E-state index in [1.807, 2.05) is 0 Å². The molecule has 0 bridgehead atoms. The van der Waals surface area contributed by atoms with Gasteiger partial charge in [-0.1, -0.05) is 23.2 Å². The number of β-amino-alcohol motifs (C(OH)–C–C–N with tert-alkyl or cyclic N) is 1. The minimum absolute atomic E-state index is 0.171. The highest BCUT2D eigenvalue weighted by molar-refractivity contribution is 6.35.